The maximum Gasteiger partial charge on any atom is 0.00671 e. The highest BCUT2D eigenvalue weighted by molar-refractivity contribution is 5.07. The van der Waals surface area contributed by atoms with Crippen LogP contribution in [0.15, 0.2) is 11.6 Å². The molecule has 1 nitrogen and oxygen atoms in total. The van der Waals surface area contributed by atoms with E-state index in [1.807, 2.05) is 0 Å². The summed E-state index contributed by atoms with van der Waals surface area (Å²) in [5.41, 5.74) is 1.70. The molecule has 0 spiro atoms. The van der Waals surface area contributed by atoms with Crippen molar-refractivity contribution in [2.45, 2.75) is 63.8 Å². The monoisotopic (exact) mass is 193 g/mol. The van der Waals surface area contributed by atoms with Gasteiger partial charge in [-0.2, -0.15) is 0 Å². The molecule has 0 aromatic rings. The second-order valence-corrected chi connectivity index (χ2v) is 4.79. The number of hydrogen-bond donors (Lipinski definition) is 1. The smallest absolute Gasteiger partial charge is 0.00671 e. The SMILES string of the molecule is C1=C(CCNC2CCCCC2)CCC1. The molecule has 14 heavy (non-hydrogen) atoms. The van der Waals surface area contributed by atoms with E-state index >= 15 is 0 Å². The molecule has 0 heterocycles. The third kappa shape index (κ3) is 3.13. The molecule has 1 N–H and O–H groups in total. The molecule has 2 aliphatic carbocycles. The Morgan fingerprint density at radius 2 is 2.00 bits per heavy atom. The third-order valence-electron chi connectivity index (χ3n) is 3.62. The van der Waals surface area contributed by atoms with Crippen molar-refractivity contribution in [3.8, 4) is 0 Å². The van der Waals surface area contributed by atoms with E-state index in [4.69, 9.17) is 0 Å². The minimum absolute atomic E-state index is 0.839. The van der Waals surface area contributed by atoms with Gasteiger partial charge in [0, 0.05) is 6.04 Å². The summed E-state index contributed by atoms with van der Waals surface area (Å²) in [6.07, 6.45) is 15.0. The van der Waals surface area contributed by atoms with E-state index in [0.29, 0.717) is 0 Å². The molecule has 0 bridgehead atoms. The van der Waals surface area contributed by atoms with Crippen LogP contribution in [0.2, 0.25) is 0 Å². The first kappa shape index (κ1) is 10.2. The molecule has 0 aromatic heterocycles. The Kier molecular flexibility index (Phi) is 4.05. The summed E-state index contributed by atoms with van der Waals surface area (Å²) in [4.78, 5) is 0. The van der Waals surface area contributed by atoms with Gasteiger partial charge in [0.25, 0.3) is 0 Å². The molecule has 80 valence electrons. The van der Waals surface area contributed by atoms with Gasteiger partial charge in [-0.1, -0.05) is 30.9 Å². The van der Waals surface area contributed by atoms with Gasteiger partial charge in [0.2, 0.25) is 0 Å². The van der Waals surface area contributed by atoms with Crippen LogP contribution < -0.4 is 5.32 Å². The molecule has 0 saturated heterocycles. The van der Waals surface area contributed by atoms with Crippen molar-refractivity contribution in [3.05, 3.63) is 11.6 Å². The highest BCUT2D eigenvalue weighted by atomic mass is 14.9. The van der Waals surface area contributed by atoms with E-state index in [9.17, 15) is 0 Å². The van der Waals surface area contributed by atoms with Gasteiger partial charge in [-0.05, 0) is 45.1 Å². The van der Waals surface area contributed by atoms with Gasteiger partial charge in [0.1, 0.15) is 0 Å². The van der Waals surface area contributed by atoms with Gasteiger partial charge >= 0.3 is 0 Å². The number of rotatable bonds is 4. The zero-order valence-corrected chi connectivity index (χ0v) is 9.23. The molecule has 1 saturated carbocycles. The van der Waals surface area contributed by atoms with Crippen LogP contribution >= 0.6 is 0 Å². The molecule has 0 atom stereocenters. The third-order valence-corrected chi connectivity index (χ3v) is 3.62. The number of hydrogen-bond acceptors (Lipinski definition) is 1. The lowest BCUT2D eigenvalue weighted by Crippen LogP contribution is -2.31. The molecule has 2 rings (SSSR count). The van der Waals surface area contributed by atoms with Crippen molar-refractivity contribution in [2.24, 2.45) is 0 Å². The Labute approximate surface area is 88.0 Å². The molecule has 0 radical (unpaired) electrons. The van der Waals surface area contributed by atoms with Gasteiger partial charge < -0.3 is 5.32 Å². The average Bonchev–Trinajstić information content (AvgIpc) is 2.72. The van der Waals surface area contributed by atoms with Crippen LogP contribution in [0.3, 0.4) is 0 Å². The fourth-order valence-electron chi connectivity index (χ4n) is 2.71. The normalized spacial score (nSPS) is 23.9. The standard InChI is InChI=1S/C13H23N/c1-2-8-13(9-3-1)14-11-10-12-6-4-5-7-12/h6,13-14H,1-5,7-11H2. The zero-order valence-electron chi connectivity index (χ0n) is 9.23. The molecule has 2 aliphatic rings. The topological polar surface area (TPSA) is 12.0 Å². The van der Waals surface area contributed by atoms with Crippen LogP contribution in [-0.4, -0.2) is 12.6 Å². The van der Waals surface area contributed by atoms with Crippen LogP contribution in [-0.2, 0) is 0 Å². The van der Waals surface area contributed by atoms with E-state index in [1.54, 1.807) is 5.57 Å². The Morgan fingerprint density at radius 3 is 2.71 bits per heavy atom. The molecular formula is C13H23N. The second kappa shape index (κ2) is 5.55. The Morgan fingerprint density at radius 1 is 1.14 bits per heavy atom. The largest absolute Gasteiger partial charge is 0.314 e. The molecule has 0 aromatic carbocycles. The first-order chi connectivity index (χ1) is 6.95. The predicted molar refractivity (Wildman–Crippen MR) is 61.4 cm³/mol. The Balaban J connectivity index is 1.57. The van der Waals surface area contributed by atoms with E-state index in [0.717, 1.165) is 6.04 Å². The highest BCUT2D eigenvalue weighted by Gasteiger charge is 2.12. The summed E-state index contributed by atoms with van der Waals surface area (Å²) in [5, 5.41) is 3.71. The maximum atomic E-state index is 3.71. The molecule has 0 aliphatic heterocycles. The quantitative estimate of drug-likeness (QED) is 0.675. The lowest BCUT2D eigenvalue weighted by Gasteiger charge is -2.22. The second-order valence-electron chi connectivity index (χ2n) is 4.79. The molecule has 0 amide bonds. The zero-order chi connectivity index (χ0) is 9.64. The van der Waals surface area contributed by atoms with Crippen molar-refractivity contribution in [3.63, 3.8) is 0 Å². The average molecular weight is 193 g/mol. The Hall–Kier alpha value is -0.300. The molecule has 1 fully saturated rings. The Bertz CT molecular complexity index is 189. The molecule has 1 heteroatoms. The van der Waals surface area contributed by atoms with Gasteiger partial charge in [0.15, 0.2) is 0 Å². The van der Waals surface area contributed by atoms with E-state index in [1.165, 1.54) is 64.3 Å². The highest BCUT2D eigenvalue weighted by Crippen LogP contribution is 2.21. The van der Waals surface area contributed by atoms with Crippen molar-refractivity contribution in [2.75, 3.05) is 6.54 Å². The van der Waals surface area contributed by atoms with Crippen molar-refractivity contribution < 1.29 is 0 Å². The van der Waals surface area contributed by atoms with Crippen LogP contribution in [0.4, 0.5) is 0 Å². The fourth-order valence-corrected chi connectivity index (χ4v) is 2.71. The van der Waals surface area contributed by atoms with Gasteiger partial charge in [-0.3, -0.25) is 0 Å². The van der Waals surface area contributed by atoms with Crippen molar-refractivity contribution >= 4 is 0 Å². The predicted octanol–water partition coefficient (Wildman–Crippen LogP) is 3.41. The number of nitrogens with one attached hydrogen (secondary N) is 1. The summed E-state index contributed by atoms with van der Waals surface area (Å²) in [6, 6.07) is 0.839. The van der Waals surface area contributed by atoms with Crippen LogP contribution in [0.5, 0.6) is 0 Å². The lowest BCUT2D eigenvalue weighted by molar-refractivity contribution is 0.375. The number of allylic oxidation sites excluding steroid dienone is 1. The minimum Gasteiger partial charge on any atom is -0.314 e. The van der Waals surface area contributed by atoms with Crippen molar-refractivity contribution in [1.82, 2.24) is 5.32 Å². The molecular weight excluding hydrogens is 170 g/mol. The fraction of sp³-hybridized carbons (Fsp3) is 0.846. The van der Waals surface area contributed by atoms with Gasteiger partial charge in [-0.25, -0.2) is 0 Å². The summed E-state index contributed by atoms with van der Waals surface area (Å²) >= 11 is 0. The van der Waals surface area contributed by atoms with Crippen LogP contribution in [0, 0.1) is 0 Å². The minimum atomic E-state index is 0.839. The van der Waals surface area contributed by atoms with Gasteiger partial charge in [-0.15, -0.1) is 0 Å². The van der Waals surface area contributed by atoms with E-state index in [-0.39, 0.29) is 0 Å². The lowest BCUT2D eigenvalue weighted by atomic mass is 9.95. The first-order valence-electron chi connectivity index (χ1n) is 6.36. The summed E-state index contributed by atoms with van der Waals surface area (Å²) in [7, 11) is 0. The van der Waals surface area contributed by atoms with Crippen LogP contribution in [0.25, 0.3) is 0 Å². The molecule has 0 unspecified atom stereocenters. The van der Waals surface area contributed by atoms with Crippen molar-refractivity contribution in [1.29, 1.82) is 0 Å². The van der Waals surface area contributed by atoms with E-state index < -0.39 is 0 Å². The summed E-state index contributed by atoms with van der Waals surface area (Å²) < 4.78 is 0. The first-order valence-corrected chi connectivity index (χ1v) is 6.36. The van der Waals surface area contributed by atoms with Crippen LogP contribution in [0.1, 0.15) is 57.8 Å². The van der Waals surface area contributed by atoms with Gasteiger partial charge in [0.05, 0.1) is 0 Å². The van der Waals surface area contributed by atoms with E-state index in [2.05, 4.69) is 11.4 Å². The maximum absolute atomic E-state index is 3.71. The summed E-state index contributed by atoms with van der Waals surface area (Å²) in [5.74, 6) is 0. The summed E-state index contributed by atoms with van der Waals surface area (Å²) in [6.45, 7) is 1.22.